The van der Waals surface area contributed by atoms with Crippen LogP contribution in [0.4, 0.5) is 10.1 Å². The van der Waals surface area contributed by atoms with Crippen molar-refractivity contribution in [2.75, 3.05) is 18.4 Å². The van der Waals surface area contributed by atoms with Gasteiger partial charge in [-0.1, -0.05) is 23.7 Å². The van der Waals surface area contributed by atoms with E-state index in [0.29, 0.717) is 29.2 Å². The molecule has 37 heavy (non-hydrogen) atoms. The highest BCUT2D eigenvalue weighted by atomic mass is 35.5. The van der Waals surface area contributed by atoms with Crippen LogP contribution in [-0.2, 0) is 4.79 Å². The molecule has 1 aliphatic rings. The lowest BCUT2D eigenvalue weighted by molar-refractivity contribution is -0.119. The van der Waals surface area contributed by atoms with Gasteiger partial charge < -0.3 is 15.2 Å². The number of hydrogen-bond acceptors (Lipinski definition) is 5. The molecule has 0 saturated carbocycles. The van der Waals surface area contributed by atoms with Gasteiger partial charge in [0, 0.05) is 46.6 Å². The Balaban J connectivity index is 1.33. The quantitative estimate of drug-likeness (QED) is 0.396. The molecule has 0 spiro atoms. The number of amides is 2. The number of carbonyl (C=O) groups is 2. The molecule has 0 bridgehead atoms. The Bertz CT molecular complexity index is 1590. The summed E-state index contributed by atoms with van der Waals surface area (Å²) in [6.07, 6.45) is 2.00. The van der Waals surface area contributed by atoms with Gasteiger partial charge in [-0.3, -0.25) is 9.59 Å². The Morgan fingerprint density at radius 3 is 2.68 bits per heavy atom. The lowest BCUT2D eigenvalue weighted by atomic mass is 10.0. The lowest BCUT2D eigenvalue weighted by Gasteiger charge is -2.16. The van der Waals surface area contributed by atoms with Crippen LogP contribution in [0.1, 0.15) is 33.9 Å². The second-order valence-corrected chi connectivity index (χ2v) is 9.40. The highest BCUT2D eigenvalue weighted by Crippen LogP contribution is 2.34. The molecule has 2 aromatic heterocycles. The zero-order valence-corrected chi connectivity index (χ0v) is 20.9. The van der Waals surface area contributed by atoms with Gasteiger partial charge in [0.05, 0.1) is 16.5 Å². The van der Waals surface area contributed by atoms with Crippen LogP contribution in [0.25, 0.3) is 22.0 Å². The van der Waals surface area contributed by atoms with Gasteiger partial charge in [0.25, 0.3) is 5.91 Å². The summed E-state index contributed by atoms with van der Waals surface area (Å²) in [5, 5.41) is 12.8. The third kappa shape index (κ3) is 4.52. The molecule has 4 aromatic rings. The van der Waals surface area contributed by atoms with Crippen molar-refractivity contribution >= 4 is 40.0 Å². The van der Waals surface area contributed by atoms with Gasteiger partial charge in [-0.05, 0) is 50.1 Å². The topological polar surface area (TPSA) is 115 Å². The number of aromatic amines is 1. The fraction of sp³-hybridized carbons (Fsp3) is 0.222. The molecular formula is C27H22ClFN6O2. The number of H-pyrrole nitrogens is 1. The minimum Gasteiger partial charge on any atom is -0.349 e. The van der Waals surface area contributed by atoms with Crippen LogP contribution >= 0.6 is 11.6 Å². The number of nitrogens with one attached hydrogen (secondary N) is 2. The fourth-order valence-electron chi connectivity index (χ4n) is 4.73. The number of anilines is 1. The molecule has 10 heteroatoms. The Morgan fingerprint density at radius 2 is 1.95 bits per heavy atom. The number of halogens is 2. The lowest BCUT2D eigenvalue weighted by Crippen LogP contribution is -2.31. The number of likely N-dealkylation sites (tertiary alicyclic amines) is 1. The maximum atomic E-state index is 13.6. The SMILES string of the molecule is Cc1ncnc(C)c1-c1ccc2c(Cl)c(C(=O)N3CC[C@H](C(=O)Nc4ccc(F)c(C#N)c4)C3)[nH]c2c1. The van der Waals surface area contributed by atoms with E-state index in [-0.39, 0.29) is 29.6 Å². The van der Waals surface area contributed by atoms with E-state index in [2.05, 4.69) is 20.3 Å². The predicted octanol–water partition coefficient (Wildman–Crippen LogP) is 5.01. The monoisotopic (exact) mass is 516 g/mol. The average molecular weight is 517 g/mol. The summed E-state index contributed by atoms with van der Waals surface area (Å²) < 4.78 is 13.6. The summed E-state index contributed by atoms with van der Waals surface area (Å²) in [7, 11) is 0. The summed E-state index contributed by atoms with van der Waals surface area (Å²) in [4.78, 5) is 39.4. The Hall–Kier alpha value is -4.29. The molecule has 1 fully saturated rings. The fourth-order valence-corrected chi connectivity index (χ4v) is 5.02. The van der Waals surface area contributed by atoms with Crippen LogP contribution in [0.15, 0.2) is 42.7 Å². The second-order valence-electron chi connectivity index (χ2n) is 9.03. The molecule has 0 unspecified atom stereocenters. The molecule has 0 aliphatic carbocycles. The summed E-state index contributed by atoms with van der Waals surface area (Å²) >= 11 is 6.60. The summed E-state index contributed by atoms with van der Waals surface area (Å²) in [6.45, 7) is 4.45. The first-order valence-corrected chi connectivity index (χ1v) is 12.0. The molecule has 3 heterocycles. The number of nitrogens with zero attached hydrogens (tertiary/aromatic N) is 4. The molecule has 2 aromatic carbocycles. The van der Waals surface area contributed by atoms with Crippen LogP contribution in [0, 0.1) is 36.9 Å². The zero-order chi connectivity index (χ0) is 26.3. The highest BCUT2D eigenvalue weighted by molar-refractivity contribution is 6.38. The molecule has 8 nitrogen and oxygen atoms in total. The van der Waals surface area contributed by atoms with Gasteiger partial charge in [-0.2, -0.15) is 5.26 Å². The smallest absolute Gasteiger partial charge is 0.271 e. The maximum Gasteiger partial charge on any atom is 0.271 e. The third-order valence-corrected chi connectivity index (χ3v) is 7.06. The van der Waals surface area contributed by atoms with Gasteiger partial charge in [-0.15, -0.1) is 0 Å². The zero-order valence-electron chi connectivity index (χ0n) is 20.1. The number of aryl methyl sites for hydroxylation is 2. The number of rotatable bonds is 4. The molecule has 1 saturated heterocycles. The molecular weight excluding hydrogens is 495 g/mol. The molecule has 1 atom stereocenters. The van der Waals surface area contributed by atoms with Crippen molar-refractivity contribution in [1.82, 2.24) is 19.9 Å². The first kappa shape index (κ1) is 24.4. The molecule has 186 valence electrons. The Labute approximate surface area is 217 Å². The van der Waals surface area contributed by atoms with Gasteiger partial charge >= 0.3 is 0 Å². The van der Waals surface area contributed by atoms with Gasteiger partial charge in [0.15, 0.2) is 0 Å². The van der Waals surface area contributed by atoms with Crippen LogP contribution in [0.2, 0.25) is 5.02 Å². The van der Waals surface area contributed by atoms with E-state index in [9.17, 15) is 14.0 Å². The summed E-state index contributed by atoms with van der Waals surface area (Å²) in [5.74, 6) is -1.68. The predicted molar refractivity (Wildman–Crippen MR) is 138 cm³/mol. The van der Waals surface area contributed by atoms with Crippen molar-refractivity contribution in [3.05, 3.63) is 76.2 Å². The molecule has 2 N–H and O–H groups in total. The van der Waals surface area contributed by atoms with Crippen molar-refractivity contribution in [3.8, 4) is 17.2 Å². The van der Waals surface area contributed by atoms with Crippen LogP contribution in [0.3, 0.4) is 0 Å². The van der Waals surface area contributed by atoms with Crippen LogP contribution < -0.4 is 5.32 Å². The standard InChI is InChI=1S/C27H22ClFN6O2/c1-14-23(15(2)32-13-31-14)16-3-5-20-22(10-16)34-25(24(20)28)27(37)35-8-7-17(12-35)26(36)33-19-4-6-21(29)18(9-19)11-30/h3-6,9-10,13,17,34H,7-8,12H2,1-2H3,(H,33,36)/t17-/m0/s1. The first-order valence-electron chi connectivity index (χ1n) is 11.7. The van der Waals surface area contributed by atoms with Gasteiger partial charge in [0.1, 0.15) is 23.9 Å². The van der Waals surface area contributed by atoms with Crippen LogP contribution in [0.5, 0.6) is 0 Å². The number of hydrogen-bond donors (Lipinski definition) is 2. The minimum absolute atomic E-state index is 0.150. The van der Waals surface area contributed by atoms with Crippen molar-refractivity contribution in [2.24, 2.45) is 5.92 Å². The number of carbonyl (C=O) groups excluding carboxylic acids is 2. The second kappa shape index (κ2) is 9.64. The minimum atomic E-state index is -0.650. The van der Waals surface area contributed by atoms with Crippen molar-refractivity contribution in [3.63, 3.8) is 0 Å². The highest BCUT2D eigenvalue weighted by Gasteiger charge is 2.33. The summed E-state index contributed by atoms with van der Waals surface area (Å²) in [6, 6.07) is 11.3. The first-order chi connectivity index (χ1) is 17.8. The van der Waals surface area contributed by atoms with Crippen molar-refractivity contribution in [2.45, 2.75) is 20.3 Å². The van der Waals surface area contributed by atoms with Crippen LogP contribution in [-0.4, -0.2) is 44.8 Å². The number of nitriles is 1. The summed E-state index contributed by atoms with van der Waals surface area (Å²) in [5.41, 5.74) is 4.71. The van der Waals surface area contributed by atoms with Gasteiger partial charge in [-0.25, -0.2) is 14.4 Å². The van der Waals surface area contributed by atoms with E-state index in [1.54, 1.807) is 11.0 Å². The average Bonchev–Trinajstić information content (AvgIpc) is 3.50. The number of fused-ring (bicyclic) bond motifs is 1. The van der Waals surface area contributed by atoms with E-state index >= 15 is 0 Å². The molecule has 0 radical (unpaired) electrons. The molecule has 1 aliphatic heterocycles. The van der Waals surface area contributed by atoms with E-state index in [1.165, 1.54) is 18.5 Å². The van der Waals surface area contributed by atoms with Crippen molar-refractivity contribution < 1.29 is 14.0 Å². The third-order valence-electron chi connectivity index (χ3n) is 6.66. The Kier molecular flexibility index (Phi) is 6.36. The van der Waals surface area contributed by atoms with Gasteiger partial charge in [0.2, 0.25) is 5.91 Å². The largest absolute Gasteiger partial charge is 0.349 e. The normalized spacial score (nSPS) is 15.1. The van der Waals surface area contributed by atoms with E-state index in [1.807, 2.05) is 32.0 Å². The molecule has 5 rings (SSSR count). The van der Waals surface area contributed by atoms with E-state index < -0.39 is 11.7 Å². The number of benzene rings is 2. The van der Waals surface area contributed by atoms with Crippen molar-refractivity contribution in [1.29, 1.82) is 5.26 Å². The maximum absolute atomic E-state index is 13.6. The number of aromatic nitrogens is 3. The van der Waals surface area contributed by atoms with E-state index in [4.69, 9.17) is 16.9 Å². The molecule has 2 amide bonds. The van der Waals surface area contributed by atoms with E-state index in [0.717, 1.165) is 34.0 Å². The Morgan fingerprint density at radius 1 is 1.19 bits per heavy atom.